The lowest BCUT2D eigenvalue weighted by molar-refractivity contribution is 0.514. The van der Waals surface area contributed by atoms with Crippen molar-refractivity contribution < 1.29 is 0 Å². The molecule has 0 aliphatic rings. The second-order valence-corrected chi connectivity index (χ2v) is 3.55. The minimum atomic E-state index is -0.241. The normalized spacial score (nSPS) is 16.1. The van der Waals surface area contributed by atoms with Gasteiger partial charge < -0.3 is 5.73 Å². The molecule has 1 atom stereocenters. The lowest BCUT2D eigenvalue weighted by atomic mass is 10.0. The van der Waals surface area contributed by atoms with Crippen LogP contribution in [0.25, 0.3) is 0 Å². The van der Waals surface area contributed by atoms with E-state index in [9.17, 15) is 0 Å². The zero-order chi connectivity index (χ0) is 6.78. The molecule has 0 heterocycles. The lowest BCUT2D eigenvalue weighted by Gasteiger charge is -2.22. The molecule has 0 aromatic carbocycles. The molecule has 0 unspecified atom stereocenters. The maximum atomic E-state index is 5.86. The quantitative estimate of drug-likeness (QED) is 0.574. The molecule has 0 radical (unpaired) electrons. The molecule has 0 aromatic rings. The Morgan fingerprint density at radius 2 is 2.00 bits per heavy atom. The topological polar surface area (TPSA) is 26.0 Å². The molecule has 8 heavy (non-hydrogen) atoms. The molecule has 2 N–H and O–H groups in total. The van der Waals surface area contributed by atoms with Crippen molar-refractivity contribution in [1.82, 2.24) is 0 Å². The van der Waals surface area contributed by atoms with E-state index in [1.165, 1.54) is 0 Å². The highest BCUT2D eigenvalue weighted by Crippen LogP contribution is 2.17. The van der Waals surface area contributed by atoms with Gasteiger partial charge in [0.1, 0.15) is 0 Å². The van der Waals surface area contributed by atoms with Gasteiger partial charge in [-0.1, -0.05) is 6.92 Å². The molecule has 0 saturated heterocycles. The van der Waals surface area contributed by atoms with E-state index in [0.29, 0.717) is 0 Å². The smallest absolute Gasteiger partial charge is 0.0541 e. The van der Waals surface area contributed by atoms with E-state index in [0.717, 1.165) is 6.42 Å². The van der Waals surface area contributed by atoms with Crippen LogP contribution in [0.1, 0.15) is 27.2 Å². The van der Waals surface area contributed by atoms with Gasteiger partial charge in [0.15, 0.2) is 0 Å². The molecule has 0 aromatic heterocycles. The van der Waals surface area contributed by atoms with Crippen LogP contribution in [0.3, 0.4) is 0 Å². The molecular weight excluding hydrogens is 122 g/mol. The predicted octanol–water partition coefficient (Wildman–Crippen LogP) is 1.74. The Kier molecular flexibility index (Phi) is 2.78. The van der Waals surface area contributed by atoms with Gasteiger partial charge in [-0.3, -0.25) is 0 Å². The number of hydrogen-bond acceptors (Lipinski definition) is 1. The van der Waals surface area contributed by atoms with Gasteiger partial charge in [0, 0.05) is 6.04 Å². The third-order valence-corrected chi connectivity index (χ3v) is 1.60. The van der Waals surface area contributed by atoms with E-state index in [1.54, 1.807) is 0 Å². The van der Waals surface area contributed by atoms with Crippen molar-refractivity contribution in [2.24, 2.45) is 5.73 Å². The van der Waals surface area contributed by atoms with Gasteiger partial charge in [0.25, 0.3) is 0 Å². The summed E-state index contributed by atoms with van der Waals surface area (Å²) in [6, 6.07) is 0.115. The van der Waals surface area contributed by atoms with E-state index in [2.05, 4.69) is 0 Å². The lowest BCUT2D eigenvalue weighted by Crippen LogP contribution is -2.37. The van der Waals surface area contributed by atoms with Crippen LogP contribution in [-0.2, 0) is 0 Å². The molecule has 0 amide bonds. The summed E-state index contributed by atoms with van der Waals surface area (Å²) in [5.74, 6) is 0. The monoisotopic (exact) mass is 135 g/mol. The number of hydrogen-bond donors (Lipinski definition) is 1. The van der Waals surface area contributed by atoms with Crippen LogP contribution in [0.2, 0.25) is 0 Å². The average molecular weight is 136 g/mol. The van der Waals surface area contributed by atoms with Crippen LogP contribution in [0.15, 0.2) is 0 Å². The van der Waals surface area contributed by atoms with Crippen molar-refractivity contribution in [3.05, 3.63) is 0 Å². The zero-order valence-electron chi connectivity index (χ0n) is 5.74. The Balaban J connectivity index is 3.62. The summed E-state index contributed by atoms with van der Waals surface area (Å²) in [4.78, 5) is -0.241. The Hall–Kier alpha value is 0.250. The first-order chi connectivity index (χ1) is 3.48. The summed E-state index contributed by atoms with van der Waals surface area (Å²) in [5, 5.41) is 0. The number of nitrogens with two attached hydrogens (primary N) is 1. The van der Waals surface area contributed by atoms with Gasteiger partial charge in [-0.15, -0.1) is 11.6 Å². The van der Waals surface area contributed by atoms with E-state index >= 15 is 0 Å². The van der Waals surface area contributed by atoms with Crippen molar-refractivity contribution in [3.63, 3.8) is 0 Å². The largest absolute Gasteiger partial charge is 0.326 e. The fourth-order valence-corrected chi connectivity index (χ4v) is 0.640. The first-order valence-corrected chi connectivity index (χ1v) is 3.30. The van der Waals surface area contributed by atoms with E-state index in [-0.39, 0.29) is 10.9 Å². The van der Waals surface area contributed by atoms with E-state index in [4.69, 9.17) is 17.3 Å². The fourth-order valence-electron chi connectivity index (χ4n) is 0.485. The molecule has 0 saturated carbocycles. The van der Waals surface area contributed by atoms with Crippen molar-refractivity contribution in [2.75, 3.05) is 0 Å². The second kappa shape index (κ2) is 2.70. The van der Waals surface area contributed by atoms with Crippen molar-refractivity contribution >= 4 is 11.6 Å². The van der Waals surface area contributed by atoms with Crippen molar-refractivity contribution in [3.8, 4) is 0 Å². The highest BCUT2D eigenvalue weighted by atomic mass is 35.5. The minimum absolute atomic E-state index is 0.115. The Bertz CT molecular complexity index is 65.4. The molecule has 0 fully saturated rings. The number of halogens is 1. The van der Waals surface area contributed by atoms with Gasteiger partial charge in [0.2, 0.25) is 0 Å². The Morgan fingerprint density at radius 3 is 2.00 bits per heavy atom. The summed E-state index contributed by atoms with van der Waals surface area (Å²) >= 11 is 5.86. The van der Waals surface area contributed by atoms with Crippen LogP contribution in [0.4, 0.5) is 0 Å². The standard InChI is InChI=1S/C6H14ClN/c1-4-5(8)6(2,3)7/h5H,4,8H2,1-3H3/t5-/m1/s1. The Labute approximate surface area is 56.2 Å². The zero-order valence-corrected chi connectivity index (χ0v) is 6.50. The third-order valence-electron chi connectivity index (χ3n) is 1.32. The highest BCUT2D eigenvalue weighted by Gasteiger charge is 2.20. The van der Waals surface area contributed by atoms with E-state index in [1.807, 2.05) is 20.8 Å². The van der Waals surface area contributed by atoms with Crippen molar-refractivity contribution in [2.45, 2.75) is 38.1 Å². The molecule has 0 aliphatic heterocycles. The van der Waals surface area contributed by atoms with Crippen LogP contribution in [0, 0.1) is 0 Å². The first-order valence-electron chi connectivity index (χ1n) is 2.93. The van der Waals surface area contributed by atoms with Gasteiger partial charge in [-0.2, -0.15) is 0 Å². The maximum Gasteiger partial charge on any atom is 0.0541 e. The Morgan fingerprint density at radius 1 is 1.62 bits per heavy atom. The van der Waals surface area contributed by atoms with Crippen LogP contribution in [0.5, 0.6) is 0 Å². The van der Waals surface area contributed by atoms with Gasteiger partial charge in [-0.25, -0.2) is 0 Å². The van der Waals surface area contributed by atoms with Crippen LogP contribution in [-0.4, -0.2) is 10.9 Å². The minimum Gasteiger partial charge on any atom is -0.326 e. The second-order valence-electron chi connectivity index (χ2n) is 2.58. The summed E-state index contributed by atoms with van der Waals surface area (Å²) in [7, 11) is 0. The molecule has 1 nitrogen and oxygen atoms in total. The number of rotatable bonds is 2. The predicted molar refractivity (Wildman–Crippen MR) is 38.2 cm³/mol. The molecular formula is C6H14ClN. The van der Waals surface area contributed by atoms with Gasteiger partial charge >= 0.3 is 0 Å². The van der Waals surface area contributed by atoms with Gasteiger partial charge in [0.05, 0.1) is 4.87 Å². The first kappa shape index (κ1) is 8.25. The summed E-state index contributed by atoms with van der Waals surface area (Å²) in [6.07, 6.45) is 0.941. The molecule has 50 valence electrons. The summed E-state index contributed by atoms with van der Waals surface area (Å²) < 4.78 is 0. The summed E-state index contributed by atoms with van der Waals surface area (Å²) in [5.41, 5.74) is 5.62. The van der Waals surface area contributed by atoms with Crippen LogP contribution >= 0.6 is 11.6 Å². The fraction of sp³-hybridized carbons (Fsp3) is 1.00. The molecule has 0 aliphatic carbocycles. The molecule has 0 rings (SSSR count). The molecule has 0 spiro atoms. The highest BCUT2D eigenvalue weighted by molar-refractivity contribution is 6.23. The molecule has 0 bridgehead atoms. The van der Waals surface area contributed by atoms with E-state index < -0.39 is 0 Å². The van der Waals surface area contributed by atoms with Gasteiger partial charge in [-0.05, 0) is 20.3 Å². The van der Waals surface area contributed by atoms with Crippen LogP contribution < -0.4 is 5.73 Å². The number of alkyl halides is 1. The molecule has 2 heteroatoms. The maximum absolute atomic E-state index is 5.86. The summed E-state index contributed by atoms with van der Waals surface area (Å²) in [6.45, 7) is 5.90. The van der Waals surface area contributed by atoms with Crippen molar-refractivity contribution in [1.29, 1.82) is 0 Å². The SMILES string of the molecule is CC[C@@H](N)C(C)(C)Cl. The third kappa shape index (κ3) is 2.53. The average Bonchev–Trinajstić information content (AvgIpc) is 1.62.